The quantitative estimate of drug-likeness (QED) is 0.652. The van der Waals surface area contributed by atoms with E-state index in [4.69, 9.17) is 5.11 Å². The summed E-state index contributed by atoms with van der Waals surface area (Å²) in [5.74, 6) is 0.806. The zero-order valence-corrected chi connectivity index (χ0v) is 10.3. The van der Waals surface area contributed by atoms with Gasteiger partial charge in [-0.2, -0.15) is 11.8 Å². The van der Waals surface area contributed by atoms with E-state index in [1.54, 1.807) is 25.6 Å². The first-order chi connectivity index (χ1) is 6.90. The van der Waals surface area contributed by atoms with E-state index >= 15 is 0 Å². The second kappa shape index (κ2) is 6.71. The fourth-order valence-electron chi connectivity index (χ4n) is 0.793. The van der Waals surface area contributed by atoms with Gasteiger partial charge in [0.05, 0.1) is 5.41 Å². The predicted molar refractivity (Wildman–Crippen MR) is 62.0 cm³/mol. The van der Waals surface area contributed by atoms with Crippen LogP contribution in [0.25, 0.3) is 0 Å². The molecule has 0 aromatic rings. The van der Waals surface area contributed by atoms with E-state index in [-0.39, 0.29) is 12.5 Å². The van der Waals surface area contributed by atoms with E-state index in [2.05, 4.69) is 5.32 Å². The Bertz CT molecular complexity index is 229. The van der Waals surface area contributed by atoms with Crippen molar-refractivity contribution in [3.63, 3.8) is 0 Å². The molecule has 2 N–H and O–H groups in total. The molecule has 0 spiro atoms. The maximum absolute atomic E-state index is 11.3. The summed E-state index contributed by atoms with van der Waals surface area (Å²) in [6.07, 6.45) is 0.453. The molecule has 0 rings (SSSR count). The average Bonchev–Trinajstić information content (AvgIpc) is 2.15. The smallest absolute Gasteiger partial charge is 0.310 e. The zero-order valence-electron chi connectivity index (χ0n) is 9.50. The van der Waals surface area contributed by atoms with Crippen LogP contribution in [0.2, 0.25) is 0 Å². The Morgan fingerprint density at radius 3 is 2.47 bits per heavy atom. The molecule has 0 unspecified atom stereocenters. The first-order valence-electron chi connectivity index (χ1n) is 4.98. The van der Waals surface area contributed by atoms with Crippen LogP contribution in [-0.4, -0.2) is 35.0 Å². The second-order valence-electron chi connectivity index (χ2n) is 3.91. The Balaban J connectivity index is 3.75. The van der Waals surface area contributed by atoms with Gasteiger partial charge in [0.25, 0.3) is 0 Å². The Morgan fingerprint density at radius 1 is 1.40 bits per heavy atom. The number of thioether (sulfide) groups is 1. The van der Waals surface area contributed by atoms with Crippen molar-refractivity contribution in [1.82, 2.24) is 5.32 Å². The number of carboxylic acids is 1. The first-order valence-corrected chi connectivity index (χ1v) is 6.13. The van der Waals surface area contributed by atoms with Gasteiger partial charge in [-0.05, 0) is 19.6 Å². The summed E-state index contributed by atoms with van der Waals surface area (Å²) in [7, 11) is 0. The Hall–Kier alpha value is -0.710. The number of carbonyl (C=O) groups is 2. The number of rotatable bonds is 7. The summed E-state index contributed by atoms with van der Waals surface area (Å²) >= 11 is 1.70. The molecule has 0 aromatic heterocycles. The van der Waals surface area contributed by atoms with Gasteiger partial charge >= 0.3 is 5.97 Å². The fraction of sp³-hybridized carbons (Fsp3) is 0.800. The third-order valence-electron chi connectivity index (χ3n) is 1.98. The number of hydrogen-bond acceptors (Lipinski definition) is 3. The maximum Gasteiger partial charge on any atom is 0.310 e. The second-order valence-corrected chi connectivity index (χ2v) is 5.31. The van der Waals surface area contributed by atoms with E-state index in [0.29, 0.717) is 6.42 Å². The zero-order chi connectivity index (χ0) is 11.9. The highest BCUT2D eigenvalue weighted by Gasteiger charge is 2.27. The van der Waals surface area contributed by atoms with Crippen LogP contribution < -0.4 is 5.32 Å². The largest absolute Gasteiger partial charge is 0.481 e. The molecule has 88 valence electrons. The molecule has 5 heteroatoms. The molecule has 0 saturated carbocycles. The van der Waals surface area contributed by atoms with Gasteiger partial charge in [-0.25, -0.2) is 0 Å². The van der Waals surface area contributed by atoms with Crippen molar-refractivity contribution in [2.75, 3.05) is 18.1 Å². The SMILES string of the molecule is CCSCCC(=O)NCC(C)(C)C(=O)O. The predicted octanol–water partition coefficient (Wildman–Crippen LogP) is 1.36. The highest BCUT2D eigenvalue weighted by atomic mass is 32.2. The van der Waals surface area contributed by atoms with E-state index in [9.17, 15) is 9.59 Å². The van der Waals surface area contributed by atoms with Gasteiger partial charge in [0.15, 0.2) is 0 Å². The summed E-state index contributed by atoms with van der Waals surface area (Å²) in [6, 6.07) is 0. The van der Waals surface area contributed by atoms with Crippen molar-refractivity contribution in [3.8, 4) is 0 Å². The van der Waals surface area contributed by atoms with Crippen molar-refractivity contribution >= 4 is 23.6 Å². The highest BCUT2D eigenvalue weighted by molar-refractivity contribution is 7.99. The van der Waals surface area contributed by atoms with E-state index in [1.807, 2.05) is 6.92 Å². The third kappa shape index (κ3) is 6.38. The van der Waals surface area contributed by atoms with Gasteiger partial charge in [-0.1, -0.05) is 6.92 Å². The average molecular weight is 233 g/mol. The van der Waals surface area contributed by atoms with Crippen molar-refractivity contribution in [2.45, 2.75) is 27.2 Å². The molecule has 0 aliphatic carbocycles. The maximum atomic E-state index is 11.3. The molecule has 0 saturated heterocycles. The summed E-state index contributed by atoms with van der Waals surface area (Å²) in [4.78, 5) is 22.0. The molecule has 15 heavy (non-hydrogen) atoms. The summed E-state index contributed by atoms with van der Waals surface area (Å²) in [5, 5.41) is 11.4. The first kappa shape index (κ1) is 14.3. The molecule has 0 heterocycles. The van der Waals surface area contributed by atoms with E-state index < -0.39 is 11.4 Å². The normalized spacial score (nSPS) is 11.1. The van der Waals surface area contributed by atoms with Gasteiger partial charge in [-0.15, -0.1) is 0 Å². The molecule has 0 bridgehead atoms. The molecule has 0 atom stereocenters. The fourth-order valence-corrected chi connectivity index (χ4v) is 1.41. The number of hydrogen-bond donors (Lipinski definition) is 2. The molecule has 4 nitrogen and oxygen atoms in total. The Morgan fingerprint density at radius 2 is 2.00 bits per heavy atom. The van der Waals surface area contributed by atoms with Crippen molar-refractivity contribution in [1.29, 1.82) is 0 Å². The van der Waals surface area contributed by atoms with Crippen LogP contribution in [-0.2, 0) is 9.59 Å². The lowest BCUT2D eigenvalue weighted by molar-refractivity contribution is -0.146. The van der Waals surface area contributed by atoms with Crippen molar-refractivity contribution in [3.05, 3.63) is 0 Å². The molecular weight excluding hydrogens is 214 g/mol. The number of carbonyl (C=O) groups excluding carboxylic acids is 1. The van der Waals surface area contributed by atoms with Crippen LogP contribution in [0.1, 0.15) is 27.2 Å². The molecule has 1 amide bonds. The monoisotopic (exact) mass is 233 g/mol. The molecule has 0 aliphatic rings. The van der Waals surface area contributed by atoms with Crippen LogP contribution in [0, 0.1) is 5.41 Å². The third-order valence-corrected chi connectivity index (χ3v) is 2.89. The van der Waals surface area contributed by atoms with Crippen LogP contribution in [0.15, 0.2) is 0 Å². The Labute approximate surface area is 94.8 Å². The highest BCUT2D eigenvalue weighted by Crippen LogP contribution is 2.13. The van der Waals surface area contributed by atoms with Gasteiger partial charge in [0.2, 0.25) is 5.91 Å². The van der Waals surface area contributed by atoms with Gasteiger partial charge < -0.3 is 10.4 Å². The molecule has 0 aliphatic heterocycles. The van der Waals surface area contributed by atoms with Crippen LogP contribution in [0.3, 0.4) is 0 Å². The van der Waals surface area contributed by atoms with E-state index in [1.165, 1.54) is 0 Å². The number of nitrogens with one attached hydrogen (secondary N) is 1. The standard InChI is InChI=1S/C10H19NO3S/c1-4-15-6-5-8(12)11-7-10(2,3)9(13)14/h4-7H2,1-3H3,(H,11,12)(H,13,14). The summed E-state index contributed by atoms with van der Waals surface area (Å²) in [6.45, 7) is 5.40. The number of aliphatic carboxylic acids is 1. The minimum atomic E-state index is -0.897. The minimum absolute atomic E-state index is 0.0784. The van der Waals surface area contributed by atoms with Crippen LogP contribution in [0.4, 0.5) is 0 Å². The van der Waals surface area contributed by atoms with Gasteiger partial charge in [-0.3, -0.25) is 9.59 Å². The van der Waals surface area contributed by atoms with Crippen molar-refractivity contribution < 1.29 is 14.7 Å². The molecular formula is C10H19NO3S. The molecule has 0 fully saturated rings. The Kier molecular flexibility index (Phi) is 6.40. The van der Waals surface area contributed by atoms with Gasteiger partial charge in [0.1, 0.15) is 0 Å². The summed E-state index contributed by atoms with van der Waals surface area (Å²) in [5.41, 5.74) is -0.895. The van der Waals surface area contributed by atoms with Gasteiger partial charge in [0, 0.05) is 18.7 Å². The van der Waals surface area contributed by atoms with Crippen molar-refractivity contribution in [2.24, 2.45) is 5.41 Å². The topological polar surface area (TPSA) is 66.4 Å². The lowest BCUT2D eigenvalue weighted by atomic mass is 9.94. The lowest BCUT2D eigenvalue weighted by Crippen LogP contribution is -2.38. The molecule has 0 radical (unpaired) electrons. The van der Waals surface area contributed by atoms with E-state index in [0.717, 1.165) is 11.5 Å². The minimum Gasteiger partial charge on any atom is -0.481 e. The molecule has 0 aromatic carbocycles. The van der Waals surface area contributed by atoms with Crippen LogP contribution in [0.5, 0.6) is 0 Å². The number of carboxylic acid groups (broad SMARTS) is 1. The lowest BCUT2D eigenvalue weighted by Gasteiger charge is -2.19. The number of amides is 1. The van der Waals surface area contributed by atoms with Crippen LogP contribution >= 0.6 is 11.8 Å². The summed E-state index contributed by atoms with van der Waals surface area (Å²) < 4.78 is 0.